The molecule has 19 heavy (non-hydrogen) atoms. The quantitative estimate of drug-likeness (QED) is 0.893. The molecule has 1 saturated heterocycles. The summed E-state index contributed by atoms with van der Waals surface area (Å²) < 4.78 is 0. The van der Waals surface area contributed by atoms with Crippen LogP contribution in [0.1, 0.15) is 30.7 Å². The molecular weight excluding hydrogens is 262 g/mol. The highest BCUT2D eigenvalue weighted by Gasteiger charge is 2.18. The lowest BCUT2D eigenvalue weighted by molar-refractivity contribution is 0.211. The predicted octanol–water partition coefficient (Wildman–Crippen LogP) is 2.09. The van der Waals surface area contributed by atoms with Gasteiger partial charge in [0.25, 0.3) is 0 Å². The Morgan fingerprint density at radius 2 is 2.16 bits per heavy atom. The summed E-state index contributed by atoms with van der Waals surface area (Å²) in [6.45, 7) is 4.89. The molecule has 0 radical (unpaired) electrons. The zero-order valence-corrected chi connectivity index (χ0v) is 12.5. The van der Waals surface area contributed by atoms with Crippen LogP contribution in [0.5, 0.6) is 5.75 Å². The predicted molar refractivity (Wildman–Crippen MR) is 79.9 cm³/mol. The lowest BCUT2D eigenvalue weighted by atomic mass is 10.1. The standard InChI is InChI=1S/C14H23N3O.ClH/c1-11-5-6-14(18)13(16-11)10-17(2)12-4-3-8-15-9-7-12;/h5-6,12,15,18H,3-4,7-10H2,1-2H3;1H. The van der Waals surface area contributed by atoms with Gasteiger partial charge in [-0.3, -0.25) is 9.88 Å². The van der Waals surface area contributed by atoms with Crippen molar-refractivity contribution in [1.29, 1.82) is 0 Å². The van der Waals surface area contributed by atoms with E-state index in [9.17, 15) is 5.11 Å². The minimum absolute atomic E-state index is 0. The molecule has 1 unspecified atom stereocenters. The minimum Gasteiger partial charge on any atom is -0.506 e. The van der Waals surface area contributed by atoms with E-state index in [0.717, 1.165) is 31.0 Å². The summed E-state index contributed by atoms with van der Waals surface area (Å²) in [7, 11) is 2.12. The molecule has 1 atom stereocenters. The number of hydrogen-bond acceptors (Lipinski definition) is 4. The Bertz CT molecular complexity index is 392. The molecule has 1 fully saturated rings. The molecule has 108 valence electrons. The molecule has 2 N–H and O–H groups in total. The van der Waals surface area contributed by atoms with Gasteiger partial charge in [-0.05, 0) is 58.5 Å². The fourth-order valence-electron chi connectivity index (χ4n) is 2.53. The van der Waals surface area contributed by atoms with Crippen LogP contribution in [0.2, 0.25) is 0 Å². The van der Waals surface area contributed by atoms with Crippen LogP contribution in [0.25, 0.3) is 0 Å². The average molecular weight is 286 g/mol. The first-order valence-corrected chi connectivity index (χ1v) is 6.73. The van der Waals surface area contributed by atoms with Gasteiger partial charge in [-0.1, -0.05) is 0 Å². The summed E-state index contributed by atoms with van der Waals surface area (Å²) in [4.78, 5) is 6.74. The summed E-state index contributed by atoms with van der Waals surface area (Å²) in [5, 5.41) is 13.3. The SMILES string of the molecule is Cc1ccc(O)c(CN(C)C2CCCNCC2)n1.Cl. The average Bonchev–Trinajstić information content (AvgIpc) is 2.62. The topological polar surface area (TPSA) is 48.4 Å². The molecule has 2 heterocycles. The molecular formula is C14H24ClN3O. The smallest absolute Gasteiger partial charge is 0.138 e. The molecule has 1 aliphatic rings. The lowest BCUT2D eigenvalue weighted by Crippen LogP contribution is -2.32. The van der Waals surface area contributed by atoms with Gasteiger partial charge in [0.1, 0.15) is 5.75 Å². The van der Waals surface area contributed by atoms with Crippen molar-refractivity contribution in [1.82, 2.24) is 15.2 Å². The Morgan fingerprint density at radius 3 is 2.95 bits per heavy atom. The van der Waals surface area contributed by atoms with E-state index in [0.29, 0.717) is 11.8 Å². The molecule has 0 bridgehead atoms. The van der Waals surface area contributed by atoms with Gasteiger partial charge in [0.15, 0.2) is 0 Å². The van der Waals surface area contributed by atoms with Gasteiger partial charge in [-0.15, -0.1) is 12.4 Å². The second-order valence-corrected chi connectivity index (χ2v) is 5.17. The first kappa shape index (κ1) is 16.2. The van der Waals surface area contributed by atoms with E-state index in [1.54, 1.807) is 6.07 Å². The Kier molecular flexibility index (Phi) is 6.55. The molecule has 2 rings (SSSR count). The largest absolute Gasteiger partial charge is 0.506 e. The van der Waals surface area contributed by atoms with Crippen molar-refractivity contribution >= 4 is 12.4 Å². The van der Waals surface area contributed by atoms with Crippen LogP contribution >= 0.6 is 12.4 Å². The molecule has 0 amide bonds. The number of hydrogen-bond donors (Lipinski definition) is 2. The Morgan fingerprint density at radius 1 is 1.37 bits per heavy atom. The number of aromatic nitrogens is 1. The van der Waals surface area contributed by atoms with E-state index in [4.69, 9.17) is 0 Å². The highest BCUT2D eigenvalue weighted by Crippen LogP contribution is 2.19. The molecule has 0 saturated carbocycles. The van der Waals surface area contributed by atoms with Crippen LogP contribution in [0.15, 0.2) is 12.1 Å². The molecule has 4 nitrogen and oxygen atoms in total. The number of rotatable bonds is 3. The summed E-state index contributed by atoms with van der Waals surface area (Å²) in [6.07, 6.45) is 3.61. The fourth-order valence-corrected chi connectivity index (χ4v) is 2.53. The van der Waals surface area contributed by atoms with Crippen LogP contribution < -0.4 is 5.32 Å². The van der Waals surface area contributed by atoms with Crippen molar-refractivity contribution in [3.05, 3.63) is 23.5 Å². The maximum atomic E-state index is 9.84. The van der Waals surface area contributed by atoms with Crippen molar-refractivity contribution in [2.75, 3.05) is 20.1 Å². The van der Waals surface area contributed by atoms with Gasteiger partial charge >= 0.3 is 0 Å². The third-order valence-electron chi connectivity index (χ3n) is 3.66. The van der Waals surface area contributed by atoms with Gasteiger partial charge in [0.2, 0.25) is 0 Å². The maximum Gasteiger partial charge on any atom is 0.138 e. The number of aryl methyl sites for hydroxylation is 1. The van der Waals surface area contributed by atoms with E-state index < -0.39 is 0 Å². The first-order valence-electron chi connectivity index (χ1n) is 6.73. The normalized spacial score (nSPS) is 19.8. The molecule has 1 aliphatic heterocycles. The Labute approximate surface area is 121 Å². The summed E-state index contributed by atoms with van der Waals surface area (Å²) in [5.41, 5.74) is 1.74. The first-order chi connectivity index (χ1) is 8.66. The zero-order chi connectivity index (χ0) is 13.0. The van der Waals surface area contributed by atoms with Crippen LogP contribution in [-0.2, 0) is 6.54 Å². The van der Waals surface area contributed by atoms with E-state index in [-0.39, 0.29) is 12.4 Å². The molecule has 0 aliphatic carbocycles. The molecule has 0 aromatic carbocycles. The molecule has 1 aromatic heterocycles. The number of aromatic hydroxyl groups is 1. The van der Waals surface area contributed by atoms with Gasteiger partial charge in [0, 0.05) is 18.3 Å². The number of pyridine rings is 1. The van der Waals surface area contributed by atoms with Gasteiger partial charge in [-0.25, -0.2) is 0 Å². The van der Waals surface area contributed by atoms with Crippen molar-refractivity contribution in [3.8, 4) is 5.75 Å². The minimum atomic E-state index is 0. The maximum absolute atomic E-state index is 9.84. The lowest BCUT2D eigenvalue weighted by Gasteiger charge is -2.26. The number of halogens is 1. The van der Waals surface area contributed by atoms with E-state index >= 15 is 0 Å². The van der Waals surface area contributed by atoms with E-state index in [2.05, 4.69) is 22.2 Å². The van der Waals surface area contributed by atoms with Crippen LogP contribution in [0.4, 0.5) is 0 Å². The molecule has 5 heteroatoms. The Hall–Kier alpha value is -0.840. The highest BCUT2D eigenvalue weighted by atomic mass is 35.5. The monoisotopic (exact) mass is 285 g/mol. The van der Waals surface area contributed by atoms with Gasteiger partial charge in [-0.2, -0.15) is 0 Å². The van der Waals surface area contributed by atoms with Crippen molar-refractivity contribution in [2.45, 2.75) is 38.8 Å². The molecule has 0 spiro atoms. The second kappa shape index (κ2) is 7.68. The van der Waals surface area contributed by atoms with Gasteiger partial charge in [0.05, 0.1) is 5.69 Å². The number of nitrogens with one attached hydrogen (secondary N) is 1. The summed E-state index contributed by atoms with van der Waals surface area (Å²) >= 11 is 0. The van der Waals surface area contributed by atoms with Gasteiger partial charge < -0.3 is 10.4 Å². The van der Waals surface area contributed by atoms with E-state index in [1.165, 1.54) is 19.3 Å². The van der Waals surface area contributed by atoms with Crippen molar-refractivity contribution in [3.63, 3.8) is 0 Å². The number of nitrogens with zero attached hydrogens (tertiary/aromatic N) is 2. The third kappa shape index (κ3) is 4.64. The zero-order valence-electron chi connectivity index (χ0n) is 11.7. The van der Waals surface area contributed by atoms with Crippen molar-refractivity contribution in [2.24, 2.45) is 0 Å². The second-order valence-electron chi connectivity index (χ2n) is 5.17. The summed E-state index contributed by atoms with van der Waals surface area (Å²) in [6, 6.07) is 4.16. The Balaban J connectivity index is 0.00000180. The summed E-state index contributed by atoms with van der Waals surface area (Å²) in [5.74, 6) is 0.305. The van der Waals surface area contributed by atoms with Crippen LogP contribution in [-0.4, -0.2) is 41.2 Å². The van der Waals surface area contributed by atoms with Crippen LogP contribution in [0.3, 0.4) is 0 Å². The fraction of sp³-hybridized carbons (Fsp3) is 0.643. The third-order valence-corrected chi connectivity index (χ3v) is 3.66. The highest BCUT2D eigenvalue weighted by molar-refractivity contribution is 5.85. The molecule has 1 aromatic rings. The van der Waals surface area contributed by atoms with Crippen molar-refractivity contribution < 1.29 is 5.11 Å². The van der Waals surface area contributed by atoms with E-state index in [1.807, 2.05) is 13.0 Å². The van der Waals surface area contributed by atoms with Crippen LogP contribution in [0, 0.1) is 6.92 Å².